The second-order valence-electron chi connectivity index (χ2n) is 16.9. The molecule has 7 aromatic rings. The first-order valence-electron chi connectivity index (χ1n) is 21.3. The normalized spacial score (nSPS) is 13.6. The Morgan fingerprint density at radius 2 is 1.49 bits per heavy atom. The minimum atomic E-state index is -2.19. The number of furan rings is 1. The van der Waals surface area contributed by atoms with Crippen LogP contribution in [0.4, 0.5) is 0 Å². The Kier molecular flexibility index (Phi) is 10.8. The van der Waals surface area contributed by atoms with Crippen molar-refractivity contribution >= 4 is 35.3 Å². The van der Waals surface area contributed by atoms with Gasteiger partial charge in [-0.05, 0) is 97.1 Å². The van der Waals surface area contributed by atoms with E-state index in [9.17, 15) is 0 Å². The van der Waals surface area contributed by atoms with Crippen LogP contribution in [0, 0.1) is 51.1 Å². The van der Waals surface area contributed by atoms with Crippen LogP contribution in [0.3, 0.4) is 0 Å². The van der Waals surface area contributed by atoms with Crippen LogP contribution in [-0.2, 0) is 32.9 Å². The van der Waals surface area contributed by atoms with Crippen molar-refractivity contribution in [3.63, 3.8) is 0 Å². The number of aromatic nitrogens is 3. The van der Waals surface area contributed by atoms with Crippen molar-refractivity contribution in [1.29, 1.82) is 0 Å². The second-order valence-corrected chi connectivity index (χ2v) is 21.9. The molecule has 6 heteroatoms. The molecule has 0 aliphatic carbocycles. The van der Waals surface area contributed by atoms with Crippen molar-refractivity contribution in [2.45, 2.75) is 94.7 Å². The standard InChI is InChI=1S/C30H29N2O.C19H26NSi.Ir/c1-17(2)11-23-15-27(31-16-21(23)6)22-7-10-28-25(14-22)24-8-9-26(32-30(24)33-28)29-19(4)12-18(3)13-20(29)5;1-19(2,3)13-16-12-17(15-10-8-7-9-11-15)20-14-18(16)21(4,5)6;/h8-10,12-17H,11H2,1-6H3;7-10,12,14H,13H2,1-6H3;/q2*-1;/i6D3;13D2;. The average molecular weight is 927 g/mol. The van der Waals surface area contributed by atoms with Crippen molar-refractivity contribution in [1.82, 2.24) is 15.0 Å². The van der Waals surface area contributed by atoms with Crippen LogP contribution in [0.15, 0.2) is 89.6 Å². The van der Waals surface area contributed by atoms with E-state index in [1.54, 1.807) is 0 Å². The summed E-state index contributed by atoms with van der Waals surface area (Å²) in [6.07, 6.45) is 2.63. The third-order valence-corrected chi connectivity index (χ3v) is 11.3. The fourth-order valence-corrected chi connectivity index (χ4v) is 8.38. The molecule has 4 nitrogen and oxygen atoms in total. The molecule has 0 spiro atoms. The first-order chi connectivity index (χ1) is 27.5. The summed E-state index contributed by atoms with van der Waals surface area (Å²) in [5, 5.41) is 2.95. The van der Waals surface area contributed by atoms with Crippen LogP contribution in [0.1, 0.15) is 74.9 Å². The molecule has 0 amide bonds. The monoisotopic (exact) mass is 927 g/mol. The Labute approximate surface area is 350 Å². The largest absolute Gasteiger partial charge is 0.486 e. The molecule has 0 atom stereocenters. The van der Waals surface area contributed by atoms with Gasteiger partial charge in [0, 0.05) is 50.3 Å². The van der Waals surface area contributed by atoms with Crippen LogP contribution >= 0.6 is 0 Å². The summed E-state index contributed by atoms with van der Waals surface area (Å²) in [4.78, 5) is 14.0. The minimum absolute atomic E-state index is 0. The van der Waals surface area contributed by atoms with Crippen molar-refractivity contribution in [2.75, 3.05) is 0 Å². The van der Waals surface area contributed by atoms with Crippen molar-refractivity contribution in [2.24, 2.45) is 11.3 Å². The predicted molar refractivity (Wildman–Crippen MR) is 231 cm³/mol. The fraction of sp³-hybridized carbons (Fsp3) is 0.327. The van der Waals surface area contributed by atoms with Gasteiger partial charge in [0.25, 0.3) is 0 Å². The molecule has 0 aliphatic rings. The Morgan fingerprint density at radius 1 is 0.800 bits per heavy atom. The number of pyridine rings is 3. The van der Waals surface area contributed by atoms with E-state index < -0.39 is 26.7 Å². The van der Waals surface area contributed by atoms with Crippen molar-refractivity contribution in [3.8, 4) is 33.8 Å². The molecule has 3 aromatic carbocycles. The van der Waals surface area contributed by atoms with E-state index in [0.29, 0.717) is 34.9 Å². The fourth-order valence-electron chi connectivity index (χ4n) is 6.99. The van der Waals surface area contributed by atoms with Gasteiger partial charge in [0.1, 0.15) is 0 Å². The molecule has 1 radical (unpaired) electrons. The third-order valence-electron chi connectivity index (χ3n) is 9.30. The van der Waals surface area contributed by atoms with E-state index in [-0.39, 0.29) is 20.1 Å². The molecule has 0 saturated carbocycles. The molecular formula is C49H55IrN3OSi-2. The molecule has 55 heavy (non-hydrogen) atoms. The number of nitrogens with zero attached hydrogens (tertiary/aromatic N) is 3. The number of hydrogen-bond donors (Lipinski definition) is 0. The van der Waals surface area contributed by atoms with Gasteiger partial charge in [0.2, 0.25) is 5.71 Å². The average Bonchev–Trinajstić information content (AvgIpc) is 3.50. The summed E-state index contributed by atoms with van der Waals surface area (Å²) in [5.74, 6) is 0.326. The summed E-state index contributed by atoms with van der Waals surface area (Å²) < 4.78 is 47.3. The maximum atomic E-state index is 8.75. The molecule has 4 aromatic heterocycles. The summed E-state index contributed by atoms with van der Waals surface area (Å²) in [5.41, 5.74) is 11.5. The molecule has 0 bridgehead atoms. The molecule has 0 N–H and O–H groups in total. The van der Waals surface area contributed by atoms with E-state index in [4.69, 9.17) is 16.3 Å². The maximum Gasteiger partial charge on any atom is 0.216 e. The number of benzene rings is 3. The summed E-state index contributed by atoms with van der Waals surface area (Å²) in [7, 11) is -1.70. The van der Waals surface area contributed by atoms with Gasteiger partial charge in [-0.1, -0.05) is 101 Å². The van der Waals surface area contributed by atoms with Crippen molar-refractivity contribution < 1.29 is 31.4 Å². The summed E-state index contributed by atoms with van der Waals surface area (Å²) in [6.45, 7) is 20.9. The Morgan fingerprint density at radius 3 is 2.13 bits per heavy atom. The SMILES string of the molecule is [2H]C([2H])([2H])c1cnc(-c2[c-]cc3oc4nc(-c5c(C)cc(C)cc5C)ccc4c3c2)cc1CC(C)C.[2H]C([2H])(c1cc(-c2[c-]cccc2)ncc1[Si](C)(C)C)C(C)(C)C.[Ir]. The number of fused-ring (bicyclic) bond motifs is 3. The Bertz CT molecular complexity index is 2620. The third kappa shape index (κ3) is 9.97. The van der Waals surface area contributed by atoms with Crippen LogP contribution in [0.5, 0.6) is 0 Å². The van der Waals surface area contributed by atoms with E-state index in [1.807, 2.05) is 81.6 Å². The quantitative estimate of drug-likeness (QED) is 0.118. The second kappa shape index (κ2) is 16.9. The van der Waals surface area contributed by atoms with Gasteiger partial charge >= 0.3 is 0 Å². The van der Waals surface area contributed by atoms with Gasteiger partial charge in [-0.15, -0.1) is 59.7 Å². The van der Waals surface area contributed by atoms with Crippen LogP contribution in [-0.4, -0.2) is 23.0 Å². The van der Waals surface area contributed by atoms with E-state index in [1.165, 1.54) is 22.9 Å². The maximum absolute atomic E-state index is 8.75. The van der Waals surface area contributed by atoms with Gasteiger partial charge in [-0.25, -0.2) is 4.98 Å². The van der Waals surface area contributed by atoms with E-state index in [2.05, 4.69) is 94.6 Å². The van der Waals surface area contributed by atoms with E-state index >= 15 is 0 Å². The van der Waals surface area contributed by atoms with Crippen molar-refractivity contribution in [3.05, 3.63) is 131 Å². The zero-order valence-electron chi connectivity index (χ0n) is 39.0. The van der Waals surface area contributed by atoms with Gasteiger partial charge in [0.15, 0.2) is 0 Å². The van der Waals surface area contributed by atoms with Gasteiger partial charge < -0.3 is 14.4 Å². The molecule has 0 unspecified atom stereocenters. The smallest absolute Gasteiger partial charge is 0.216 e. The molecular weight excluding hydrogens is 867 g/mol. The van der Waals surface area contributed by atoms with Gasteiger partial charge in [0.05, 0.1) is 19.4 Å². The minimum Gasteiger partial charge on any atom is -0.486 e. The van der Waals surface area contributed by atoms with Gasteiger partial charge in [-0.3, -0.25) is 0 Å². The zero-order valence-corrected chi connectivity index (χ0v) is 37.3. The summed E-state index contributed by atoms with van der Waals surface area (Å²) >= 11 is 0. The Balaban J connectivity index is 0.000000247. The van der Waals surface area contributed by atoms with Crippen LogP contribution in [0.25, 0.3) is 55.8 Å². The first-order valence-corrected chi connectivity index (χ1v) is 22.3. The van der Waals surface area contributed by atoms with E-state index in [0.717, 1.165) is 55.2 Å². The predicted octanol–water partition coefficient (Wildman–Crippen LogP) is 12.6. The molecule has 0 aliphatic heterocycles. The number of rotatable bonds is 7. The molecule has 287 valence electrons. The molecule has 0 fully saturated rings. The van der Waals surface area contributed by atoms with Gasteiger partial charge in [-0.2, -0.15) is 0 Å². The zero-order chi connectivity index (χ0) is 43.2. The first kappa shape index (κ1) is 35.2. The van der Waals surface area contributed by atoms with Crippen LogP contribution in [0.2, 0.25) is 19.6 Å². The summed E-state index contributed by atoms with van der Waals surface area (Å²) in [6, 6.07) is 30.3. The topological polar surface area (TPSA) is 51.8 Å². The number of aryl methyl sites for hydroxylation is 4. The molecule has 0 saturated heterocycles. The molecule has 7 rings (SSSR count). The number of hydrogen-bond acceptors (Lipinski definition) is 4. The molecule has 4 heterocycles. The van der Waals surface area contributed by atoms with Crippen LogP contribution < -0.4 is 5.19 Å². The Hall–Kier alpha value is -4.22.